The van der Waals surface area contributed by atoms with Gasteiger partial charge in [0.15, 0.2) is 0 Å². The number of likely N-dealkylation sites (tertiary alicyclic amines) is 1. The van der Waals surface area contributed by atoms with Crippen molar-refractivity contribution in [2.75, 3.05) is 13.1 Å². The zero-order valence-electron chi connectivity index (χ0n) is 15.1. The molecule has 3 atom stereocenters. The Morgan fingerprint density at radius 1 is 1.12 bits per heavy atom. The third-order valence-corrected chi connectivity index (χ3v) is 9.97. The van der Waals surface area contributed by atoms with Gasteiger partial charge in [0.2, 0.25) is 5.91 Å². The highest BCUT2D eigenvalue weighted by Crippen LogP contribution is 2.52. The van der Waals surface area contributed by atoms with Crippen LogP contribution in [0.3, 0.4) is 0 Å². The molecule has 0 bridgehead atoms. The fraction of sp³-hybridized carbons (Fsp3) is 0.737. The quantitative estimate of drug-likeness (QED) is 0.772. The number of aryl methyl sites for hydroxylation is 1. The maximum Gasteiger partial charge on any atom is 0.253 e. The standard InChI is InChI=1S/C19H26N2O3S2/c1-12-4-9-17(25-12)26(23,24)21-10-2-3-16(21)19(22)20-11-15(13-5-6-13)18(20)14-7-8-14/h4,9,13-16,18H,2-3,5-8,10-11H2,1H3. The molecule has 0 aromatic carbocycles. The van der Waals surface area contributed by atoms with Crippen molar-refractivity contribution in [3.05, 3.63) is 17.0 Å². The van der Waals surface area contributed by atoms with Gasteiger partial charge in [-0.15, -0.1) is 11.3 Å². The van der Waals surface area contributed by atoms with Gasteiger partial charge >= 0.3 is 0 Å². The van der Waals surface area contributed by atoms with Crippen molar-refractivity contribution in [2.45, 2.75) is 61.7 Å². The summed E-state index contributed by atoms with van der Waals surface area (Å²) in [4.78, 5) is 16.3. The average Bonchev–Trinajstić information content (AvgIpc) is 3.47. The molecular weight excluding hydrogens is 368 g/mol. The van der Waals surface area contributed by atoms with Gasteiger partial charge in [-0.05, 0) is 69.4 Å². The van der Waals surface area contributed by atoms with Crippen LogP contribution < -0.4 is 0 Å². The lowest BCUT2D eigenvalue weighted by Crippen LogP contribution is -2.64. The predicted molar refractivity (Wildman–Crippen MR) is 100 cm³/mol. The summed E-state index contributed by atoms with van der Waals surface area (Å²) in [6, 6.07) is 3.41. The van der Waals surface area contributed by atoms with Crippen LogP contribution in [0.4, 0.5) is 0 Å². The topological polar surface area (TPSA) is 57.7 Å². The highest BCUT2D eigenvalue weighted by Gasteiger charge is 2.56. The highest BCUT2D eigenvalue weighted by atomic mass is 32.2. The van der Waals surface area contributed by atoms with Gasteiger partial charge in [-0.3, -0.25) is 4.79 Å². The second kappa shape index (κ2) is 6.04. The largest absolute Gasteiger partial charge is 0.337 e. The van der Waals surface area contributed by atoms with Crippen LogP contribution in [0.5, 0.6) is 0 Å². The van der Waals surface area contributed by atoms with Gasteiger partial charge < -0.3 is 4.90 Å². The third-order valence-electron chi connectivity index (χ3n) is 6.59. The minimum atomic E-state index is -3.56. The first-order valence-corrected chi connectivity index (χ1v) is 12.1. The van der Waals surface area contributed by atoms with Crippen molar-refractivity contribution < 1.29 is 13.2 Å². The molecule has 2 saturated carbocycles. The summed E-state index contributed by atoms with van der Waals surface area (Å²) in [5.41, 5.74) is 0. The van der Waals surface area contributed by atoms with E-state index < -0.39 is 16.1 Å². The van der Waals surface area contributed by atoms with E-state index >= 15 is 0 Å². The average molecular weight is 395 g/mol. The van der Waals surface area contributed by atoms with Crippen LogP contribution in [-0.4, -0.2) is 48.7 Å². The summed E-state index contributed by atoms with van der Waals surface area (Å²) in [7, 11) is -3.56. The van der Waals surface area contributed by atoms with E-state index in [1.54, 1.807) is 6.07 Å². The SMILES string of the molecule is Cc1ccc(S(=O)(=O)N2CCCC2C(=O)N2CC(C3CC3)C2C2CC2)s1. The van der Waals surface area contributed by atoms with E-state index in [0.29, 0.717) is 35.1 Å². The van der Waals surface area contributed by atoms with Gasteiger partial charge in [-0.25, -0.2) is 8.42 Å². The van der Waals surface area contributed by atoms with Crippen LogP contribution in [0.15, 0.2) is 16.3 Å². The van der Waals surface area contributed by atoms with Gasteiger partial charge in [-0.2, -0.15) is 4.31 Å². The monoisotopic (exact) mass is 394 g/mol. The molecule has 2 aliphatic carbocycles. The molecular formula is C19H26N2O3S2. The van der Waals surface area contributed by atoms with Crippen LogP contribution in [0.2, 0.25) is 0 Å². The fourth-order valence-corrected chi connectivity index (χ4v) is 7.98. The van der Waals surface area contributed by atoms with Crippen molar-refractivity contribution in [3.8, 4) is 0 Å². The lowest BCUT2D eigenvalue weighted by atomic mass is 9.80. The third kappa shape index (κ3) is 2.74. The summed E-state index contributed by atoms with van der Waals surface area (Å²) in [6.45, 7) is 3.23. The zero-order chi connectivity index (χ0) is 18.1. The number of thiophene rings is 1. The van der Waals surface area contributed by atoms with Crippen molar-refractivity contribution in [3.63, 3.8) is 0 Å². The number of sulfonamides is 1. The van der Waals surface area contributed by atoms with E-state index in [2.05, 4.69) is 0 Å². The maximum atomic E-state index is 13.3. The van der Waals surface area contributed by atoms with Crippen molar-refractivity contribution >= 4 is 27.3 Å². The molecule has 142 valence electrons. The highest BCUT2D eigenvalue weighted by molar-refractivity contribution is 7.91. The summed E-state index contributed by atoms with van der Waals surface area (Å²) in [6.07, 6.45) is 6.53. The van der Waals surface area contributed by atoms with Crippen LogP contribution >= 0.6 is 11.3 Å². The van der Waals surface area contributed by atoms with Gasteiger partial charge in [0, 0.05) is 29.9 Å². The lowest BCUT2D eigenvalue weighted by molar-refractivity contribution is -0.149. The molecule has 4 aliphatic rings. The smallest absolute Gasteiger partial charge is 0.253 e. The molecule has 1 aromatic rings. The Morgan fingerprint density at radius 3 is 2.46 bits per heavy atom. The van der Waals surface area contributed by atoms with Gasteiger partial charge in [-0.1, -0.05) is 0 Å². The second-order valence-corrected chi connectivity index (χ2v) is 11.9. The van der Waals surface area contributed by atoms with Gasteiger partial charge in [0.1, 0.15) is 10.3 Å². The fourth-order valence-electron chi connectivity index (χ4n) is 4.91. The molecule has 5 nitrogen and oxygen atoms in total. The van der Waals surface area contributed by atoms with Crippen molar-refractivity contribution in [1.29, 1.82) is 0 Å². The number of carbonyl (C=O) groups is 1. The van der Waals surface area contributed by atoms with E-state index in [4.69, 9.17) is 0 Å². The van der Waals surface area contributed by atoms with Gasteiger partial charge in [0.05, 0.1) is 0 Å². The summed E-state index contributed by atoms with van der Waals surface area (Å²) in [5, 5.41) is 0. The van der Waals surface area contributed by atoms with Crippen LogP contribution in [0.25, 0.3) is 0 Å². The van der Waals surface area contributed by atoms with E-state index in [1.807, 2.05) is 17.9 Å². The molecule has 2 saturated heterocycles. The molecule has 5 rings (SSSR count). The number of hydrogen-bond donors (Lipinski definition) is 0. The predicted octanol–water partition coefficient (Wildman–Crippen LogP) is 2.86. The lowest BCUT2D eigenvalue weighted by Gasteiger charge is -2.50. The first-order chi connectivity index (χ1) is 12.5. The molecule has 26 heavy (non-hydrogen) atoms. The Bertz CT molecular complexity index is 826. The molecule has 3 heterocycles. The summed E-state index contributed by atoms with van der Waals surface area (Å²) in [5.74, 6) is 2.23. The number of rotatable bonds is 5. The van der Waals surface area contributed by atoms with Crippen molar-refractivity contribution in [1.82, 2.24) is 9.21 Å². The van der Waals surface area contributed by atoms with Crippen LogP contribution in [0, 0.1) is 24.7 Å². The van der Waals surface area contributed by atoms with Crippen LogP contribution in [-0.2, 0) is 14.8 Å². The molecule has 1 aromatic heterocycles. The van der Waals surface area contributed by atoms with Crippen LogP contribution in [0.1, 0.15) is 43.4 Å². The van der Waals surface area contributed by atoms with Crippen molar-refractivity contribution in [2.24, 2.45) is 17.8 Å². The normalized spacial score (nSPS) is 32.7. The minimum Gasteiger partial charge on any atom is -0.337 e. The Morgan fingerprint density at radius 2 is 1.85 bits per heavy atom. The molecule has 0 radical (unpaired) electrons. The molecule has 1 amide bonds. The Balaban J connectivity index is 1.36. The molecule has 3 unspecified atom stereocenters. The van der Waals surface area contributed by atoms with E-state index in [0.717, 1.165) is 23.8 Å². The Kier molecular flexibility index (Phi) is 4.00. The first kappa shape index (κ1) is 17.2. The second-order valence-electron chi connectivity index (χ2n) is 8.46. The maximum absolute atomic E-state index is 13.3. The van der Waals surface area contributed by atoms with E-state index in [-0.39, 0.29) is 5.91 Å². The van der Waals surface area contributed by atoms with Gasteiger partial charge in [0.25, 0.3) is 10.0 Å². The molecule has 0 spiro atoms. The first-order valence-electron chi connectivity index (χ1n) is 9.85. The summed E-state index contributed by atoms with van der Waals surface area (Å²) < 4.78 is 28.0. The number of nitrogens with zero attached hydrogens (tertiary/aromatic N) is 2. The Labute approximate surface area is 159 Å². The molecule has 2 aliphatic heterocycles. The van der Waals surface area contributed by atoms with E-state index in [9.17, 15) is 13.2 Å². The molecule has 0 N–H and O–H groups in total. The summed E-state index contributed by atoms with van der Waals surface area (Å²) >= 11 is 1.30. The number of carbonyl (C=O) groups excluding carboxylic acids is 1. The minimum absolute atomic E-state index is 0.0631. The molecule has 4 fully saturated rings. The number of amides is 1. The van der Waals surface area contributed by atoms with E-state index in [1.165, 1.54) is 41.3 Å². The molecule has 7 heteroatoms. The zero-order valence-corrected chi connectivity index (χ0v) is 16.8. The Hall–Kier alpha value is -0.920. The number of hydrogen-bond acceptors (Lipinski definition) is 4.